The van der Waals surface area contributed by atoms with Gasteiger partial charge < -0.3 is 10.7 Å². The third-order valence-electron chi connectivity index (χ3n) is 3.98. The van der Waals surface area contributed by atoms with Crippen molar-refractivity contribution < 1.29 is 0 Å². The van der Waals surface area contributed by atoms with Crippen LogP contribution in [-0.2, 0) is 0 Å². The molecule has 0 radical (unpaired) electrons. The van der Waals surface area contributed by atoms with Gasteiger partial charge in [-0.2, -0.15) is 0 Å². The van der Waals surface area contributed by atoms with Crippen molar-refractivity contribution in [2.45, 2.75) is 16.7 Å². The second kappa shape index (κ2) is 8.50. The molecule has 0 aliphatic carbocycles. The zero-order valence-corrected chi connectivity index (χ0v) is 15.7. The summed E-state index contributed by atoms with van der Waals surface area (Å²) in [6, 6.07) is 20.3. The quantitative estimate of drug-likeness (QED) is 0.558. The van der Waals surface area contributed by atoms with E-state index in [1.807, 2.05) is 37.4 Å². The Morgan fingerprint density at radius 1 is 1.08 bits per heavy atom. The lowest BCUT2D eigenvalue weighted by Gasteiger charge is -2.11. The van der Waals surface area contributed by atoms with E-state index >= 15 is 0 Å². The van der Waals surface area contributed by atoms with E-state index < -0.39 is 0 Å². The van der Waals surface area contributed by atoms with Crippen LogP contribution in [0.2, 0.25) is 0 Å². The molecule has 4 heteroatoms. The van der Waals surface area contributed by atoms with Crippen molar-refractivity contribution in [2.75, 3.05) is 12.4 Å². The van der Waals surface area contributed by atoms with Crippen LogP contribution in [0.15, 0.2) is 82.7 Å². The predicted molar refractivity (Wildman–Crippen MR) is 111 cm³/mol. The van der Waals surface area contributed by atoms with E-state index in [4.69, 9.17) is 5.41 Å². The zero-order chi connectivity index (χ0) is 18.4. The number of aryl methyl sites for hydroxylation is 1. The summed E-state index contributed by atoms with van der Waals surface area (Å²) in [4.78, 5) is 6.64. The fraction of sp³-hybridized carbons (Fsp3) is 0.0909. The van der Waals surface area contributed by atoms with Gasteiger partial charge in [0, 0.05) is 34.3 Å². The molecule has 0 atom stereocenters. The molecule has 0 saturated heterocycles. The highest BCUT2D eigenvalue weighted by molar-refractivity contribution is 7.99. The summed E-state index contributed by atoms with van der Waals surface area (Å²) in [5.74, 6) is 0. The number of nitrogens with one attached hydrogen (secondary N) is 2. The van der Waals surface area contributed by atoms with Crippen molar-refractivity contribution in [2.24, 2.45) is 0 Å². The summed E-state index contributed by atoms with van der Waals surface area (Å²) >= 11 is 1.74. The van der Waals surface area contributed by atoms with Crippen LogP contribution in [0.4, 0.5) is 5.69 Å². The third-order valence-corrected chi connectivity index (χ3v) is 5.15. The maximum absolute atomic E-state index is 8.39. The molecular formula is C22H21N3S. The summed E-state index contributed by atoms with van der Waals surface area (Å²) in [5.41, 5.74) is 4.37. The lowest BCUT2D eigenvalue weighted by molar-refractivity contribution is 1.29. The number of pyridine rings is 1. The van der Waals surface area contributed by atoms with Crippen LogP contribution in [0.1, 0.15) is 16.8 Å². The van der Waals surface area contributed by atoms with Crippen LogP contribution >= 0.6 is 11.8 Å². The molecule has 3 nitrogen and oxygen atoms in total. The van der Waals surface area contributed by atoms with E-state index in [1.165, 1.54) is 10.5 Å². The normalized spacial score (nSPS) is 10.8. The molecule has 130 valence electrons. The molecule has 0 aliphatic rings. The maximum Gasteiger partial charge on any atom is 0.0633 e. The number of hydrogen-bond donors (Lipinski definition) is 2. The second-order valence-electron chi connectivity index (χ2n) is 5.83. The van der Waals surface area contributed by atoms with Gasteiger partial charge in [-0.05, 0) is 61.0 Å². The van der Waals surface area contributed by atoms with Gasteiger partial charge in [0.05, 0.1) is 11.4 Å². The molecule has 1 aromatic heterocycles. The number of benzene rings is 2. The highest BCUT2D eigenvalue weighted by Gasteiger charge is 2.08. The van der Waals surface area contributed by atoms with Crippen molar-refractivity contribution in [3.63, 3.8) is 0 Å². The van der Waals surface area contributed by atoms with Crippen molar-refractivity contribution in [1.29, 1.82) is 5.41 Å². The van der Waals surface area contributed by atoms with Crippen molar-refractivity contribution in [3.8, 4) is 0 Å². The van der Waals surface area contributed by atoms with Crippen LogP contribution < -0.4 is 5.32 Å². The number of aromatic nitrogens is 1. The molecular weight excluding hydrogens is 338 g/mol. The Bertz CT molecular complexity index is 933. The van der Waals surface area contributed by atoms with Crippen LogP contribution in [0.5, 0.6) is 0 Å². The van der Waals surface area contributed by atoms with Gasteiger partial charge >= 0.3 is 0 Å². The van der Waals surface area contributed by atoms with E-state index in [1.54, 1.807) is 24.0 Å². The molecule has 0 amide bonds. The minimum absolute atomic E-state index is 0.451. The third kappa shape index (κ3) is 4.41. The molecule has 1 heterocycles. The number of anilines is 1. The lowest BCUT2D eigenvalue weighted by Crippen LogP contribution is -2.01. The molecule has 0 unspecified atom stereocenters. The van der Waals surface area contributed by atoms with E-state index in [9.17, 15) is 0 Å². The Balaban J connectivity index is 1.81. The standard InChI is InChI=1S/C22H21N3S/c1-16-7-3-4-9-22(16)26-18-11-12-19(21(15-18)24-2)20(23)13-10-17-8-5-6-14-25-17/h3-15,23-24H,1-2H3/b13-10+,23-20?. The van der Waals surface area contributed by atoms with Crippen LogP contribution in [0.25, 0.3) is 6.08 Å². The monoisotopic (exact) mass is 359 g/mol. The van der Waals surface area contributed by atoms with Crippen LogP contribution in [0, 0.1) is 12.3 Å². The first kappa shape index (κ1) is 18.0. The Hall–Kier alpha value is -2.85. The molecule has 0 fully saturated rings. The van der Waals surface area contributed by atoms with Crippen molar-refractivity contribution in [1.82, 2.24) is 4.98 Å². The summed E-state index contributed by atoms with van der Waals surface area (Å²) in [5, 5.41) is 11.6. The number of rotatable bonds is 6. The second-order valence-corrected chi connectivity index (χ2v) is 6.94. The van der Waals surface area contributed by atoms with Gasteiger partial charge in [-0.1, -0.05) is 36.0 Å². The summed E-state index contributed by atoms with van der Waals surface area (Å²) in [6.07, 6.45) is 5.39. The lowest BCUT2D eigenvalue weighted by atomic mass is 10.1. The summed E-state index contributed by atoms with van der Waals surface area (Å²) in [6.45, 7) is 2.12. The highest BCUT2D eigenvalue weighted by atomic mass is 32.2. The van der Waals surface area contributed by atoms with Gasteiger partial charge in [0.25, 0.3) is 0 Å². The first-order valence-electron chi connectivity index (χ1n) is 8.40. The Kier molecular flexibility index (Phi) is 5.87. The van der Waals surface area contributed by atoms with E-state index in [0.717, 1.165) is 21.8 Å². The molecule has 0 aliphatic heterocycles. The number of allylic oxidation sites excluding steroid dienone is 1. The fourth-order valence-corrected chi connectivity index (χ4v) is 3.50. The molecule has 3 rings (SSSR count). The van der Waals surface area contributed by atoms with E-state index in [2.05, 4.69) is 53.6 Å². The maximum atomic E-state index is 8.39. The minimum Gasteiger partial charge on any atom is -0.388 e. The summed E-state index contributed by atoms with van der Waals surface area (Å²) in [7, 11) is 1.89. The van der Waals surface area contributed by atoms with E-state index in [0.29, 0.717) is 5.71 Å². The first-order chi connectivity index (χ1) is 12.7. The Morgan fingerprint density at radius 2 is 1.88 bits per heavy atom. The molecule has 2 aromatic carbocycles. The Labute approximate surface area is 158 Å². The smallest absolute Gasteiger partial charge is 0.0633 e. The minimum atomic E-state index is 0.451. The average molecular weight is 359 g/mol. The molecule has 0 spiro atoms. The molecule has 3 aromatic rings. The van der Waals surface area contributed by atoms with Gasteiger partial charge in [-0.15, -0.1) is 0 Å². The number of nitrogens with zero attached hydrogens (tertiary/aromatic N) is 1. The van der Waals surface area contributed by atoms with Crippen molar-refractivity contribution in [3.05, 3.63) is 89.8 Å². The van der Waals surface area contributed by atoms with Gasteiger partial charge in [0.2, 0.25) is 0 Å². The molecule has 0 bridgehead atoms. The van der Waals surface area contributed by atoms with Crippen LogP contribution in [0.3, 0.4) is 0 Å². The highest BCUT2D eigenvalue weighted by Crippen LogP contribution is 2.33. The van der Waals surface area contributed by atoms with E-state index in [-0.39, 0.29) is 0 Å². The van der Waals surface area contributed by atoms with Gasteiger partial charge in [0.1, 0.15) is 0 Å². The topological polar surface area (TPSA) is 48.8 Å². The van der Waals surface area contributed by atoms with Gasteiger partial charge in [0.15, 0.2) is 0 Å². The largest absolute Gasteiger partial charge is 0.388 e. The van der Waals surface area contributed by atoms with Gasteiger partial charge in [-0.25, -0.2) is 0 Å². The Morgan fingerprint density at radius 3 is 2.62 bits per heavy atom. The zero-order valence-electron chi connectivity index (χ0n) is 14.9. The summed E-state index contributed by atoms with van der Waals surface area (Å²) < 4.78 is 0. The predicted octanol–water partition coefficient (Wildman–Crippen LogP) is 5.66. The van der Waals surface area contributed by atoms with Crippen molar-refractivity contribution >= 4 is 29.2 Å². The SMILES string of the molecule is CNc1cc(Sc2ccccc2C)ccc1C(=N)/C=C/c1ccccn1. The number of hydrogen-bond acceptors (Lipinski definition) is 4. The van der Waals surface area contributed by atoms with Gasteiger partial charge in [-0.3, -0.25) is 4.98 Å². The molecule has 0 saturated carbocycles. The first-order valence-corrected chi connectivity index (χ1v) is 9.22. The van der Waals surface area contributed by atoms with Crippen LogP contribution in [-0.4, -0.2) is 17.7 Å². The fourth-order valence-electron chi connectivity index (χ4n) is 2.56. The average Bonchev–Trinajstić information content (AvgIpc) is 2.68. The molecule has 26 heavy (non-hydrogen) atoms. The molecule has 2 N–H and O–H groups in total.